The lowest BCUT2D eigenvalue weighted by atomic mass is 9.99. The van der Waals surface area contributed by atoms with Gasteiger partial charge in [-0.25, -0.2) is 17.9 Å². The molecule has 4 rings (SSSR count). The lowest BCUT2D eigenvalue weighted by Gasteiger charge is -2.27. The Morgan fingerprint density at radius 3 is 2.31 bits per heavy atom. The molecule has 2 N–H and O–H groups in total. The second kappa shape index (κ2) is 8.45. The molecule has 0 bridgehead atoms. The summed E-state index contributed by atoms with van der Waals surface area (Å²) < 4.78 is 32.4. The Morgan fingerprint density at radius 2 is 1.69 bits per heavy atom. The number of ether oxygens (including phenoxy) is 1. The Balaban J connectivity index is 1.39. The second-order valence-electron chi connectivity index (χ2n) is 8.19. The number of anilines is 1. The van der Waals surface area contributed by atoms with E-state index in [1.807, 2.05) is 0 Å². The molecule has 7 nitrogen and oxygen atoms in total. The molecule has 8 heteroatoms. The predicted octanol–water partition coefficient (Wildman–Crippen LogP) is 2.00. The van der Waals surface area contributed by atoms with Crippen molar-refractivity contribution in [2.24, 2.45) is 0 Å². The number of rotatable bonds is 6. The molecule has 1 saturated heterocycles. The SMILES string of the molecule is C=C(CN1CCOCC1)CS(=O)(=O)NC(=O)Nc1c2c(cc3c1CCC3)CCC2. The number of carbonyl (C=O) groups excluding carboxylic acids is 1. The fraction of sp³-hybridized carbons (Fsp3) is 0.571. The Morgan fingerprint density at radius 1 is 1.07 bits per heavy atom. The van der Waals surface area contributed by atoms with Crippen LogP contribution in [0.5, 0.6) is 0 Å². The molecule has 158 valence electrons. The van der Waals surface area contributed by atoms with Gasteiger partial charge < -0.3 is 10.1 Å². The van der Waals surface area contributed by atoms with Crippen molar-refractivity contribution in [3.63, 3.8) is 0 Å². The Hall–Kier alpha value is -1.90. The van der Waals surface area contributed by atoms with E-state index < -0.39 is 16.1 Å². The third kappa shape index (κ3) is 4.82. The number of carbonyl (C=O) groups is 1. The van der Waals surface area contributed by atoms with Gasteiger partial charge in [-0.2, -0.15) is 0 Å². The first kappa shape index (κ1) is 20.4. The molecule has 29 heavy (non-hydrogen) atoms. The van der Waals surface area contributed by atoms with E-state index in [1.165, 1.54) is 22.3 Å². The molecule has 2 aliphatic carbocycles. The number of hydrogen-bond acceptors (Lipinski definition) is 5. The molecule has 0 saturated carbocycles. The van der Waals surface area contributed by atoms with E-state index >= 15 is 0 Å². The zero-order chi connectivity index (χ0) is 20.4. The number of morpholine rings is 1. The number of urea groups is 1. The van der Waals surface area contributed by atoms with E-state index in [9.17, 15) is 13.2 Å². The van der Waals surface area contributed by atoms with Crippen molar-refractivity contribution in [3.8, 4) is 0 Å². The summed E-state index contributed by atoms with van der Waals surface area (Å²) in [7, 11) is -3.80. The van der Waals surface area contributed by atoms with Gasteiger partial charge in [0, 0.05) is 25.3 Å². The van der Waals surface area contributed by atoms with Crippen molar-refractivity contribution in [3.05, 3.63) is 40.5 Å². The maximum absolute atomic E-state index is 12.5. The second-order valence-corrected chi connectivity index (χ2v) is 9.91. The quantitative estimate of drug-likeness (QED) is 0.689. The zero-order valence-corrected chi connectivity index (χ0v) is 17.6. The zero-order valence-electron chi connectivity index (χ0n) is 16.8. The highest BCUT2D eigenvalue weighted by atomic mass is 32.2. The minimum absolute atomic E-state index is 0.261. The van der Waals surface area contributed by atoms with Crippen LogP contribution < -0.4 is 10.0 Å². The van der Waals surface area contributed by atoms with Crippen LogP contribution in [-0.4, -0.2) is 57.9 Å². The van der Waals surface area contributed by atoms with E-state index in [0.29, 0.717) is 25.3 Å². The monoisotopic (exact) mass is 419 g/mol. The van der Waals surface area contributed by atoms with Gasteiger partial charge in [-0.3, -0.25) is 4.90 Å². The third-order valence-electron chi connectivity index (χ3n) is 5.90. The van der Waals surface area contributed by atoms with Crippen LogP contribution in [0, 0.1) is 0 Å². The van der Waals surface area contributed by atoms with Crippen LogP contribution in [0.1, 0.15) is 35.1 Å². The molecule has 1 aliphatic heterocycles. The summed E-state index contributed by atoms with van der Waals surface area (Å²) in [6.45, 7) is 7.19. The molecule has 0 unspecified atom stereocenters. The molecule has 3 aliphatic rings. The van der Waals surface area contributed by atoms with Crippen LogP contribution in [0.2, 0.25) is 0 Å². The summed E-state index contributed by atoms with van der Waals surface area (Å²) in [5, 5.41) is 2.87. The topological polar surface area (TPSA) is 87.7 Å². The van der Waals surface area contributed by atoms with Gasteiger partial charge >= 0.3 is 6.03 Å². The lowest BCUT2D eigenvalue weighted by Crippen LogP contribution is -2.40. The number of amides is 2. The number of nitrogens with zero attached hydrogens (tertiary/aromatic N) is 1. The first-order chi connectivity index (χ1) is 13.9. The van der Waals surface area contributed by atoms with Gasteiger partial charge in [-0.1, -0.05) is 12.6 Å². The minimum Gasteiger partial charge on any atom is -0.379 e. The molecule has 1 aromatic carbocycles. The molecule has 0 spiro atoms. The normalized spacial score (nSPS) is 18.9. The molecule has 0 aromatic heterocycles. The van der Waals surface area contributed by atoms with E-state index in [2.05, 4.69) is 27.6 Å². The van der Waals surface area contributed by atoms with Crippen molar-refractivity contribution in [1.29, 1.82) is 0 Å². The summed E-state index contributed by atoms with van der Waals surface area (Å²) in [6, 6.07) is 1.60. The lowest BCUT2D eigenvalue weighted by molar-refractivity contribution is 0.0424. The van der Waals surface area contributed by atoms with Crippen LogP contribution in [0.4, 0.5) is 10.5 Å². The number of nitrogens with one attached hydrogen (secondary N) is 2. The summed E-state index contributed by atoms with van der Waals surface area (Å²) >= 11 is 0. The van der Waals surface area contributed by atoms with Crippen molar-refractivity contribution in [1.82, 2.24) is 9.62 Å². The molecule has 2 amide bonds. The number of aryl methyl sites for hydroxylation is 2. The first-order valence-corrected chi connectivity index (χ1v) is 12.0. The van der Waals surface area contributed by atoms with Crippen molar-refractivity contribution in [2.45, 2.75) is 38.5 Å². The molecule has 0 radical (unpaired) electrons. The highest BCUT2D eigenvalue weighted by molar-refractivity contribution is 7.90. The van der Waals surface area contributed by atoms with Gasteiger partial charge in [0.2, 0.25) is 10.0 Å². The molecular weight excluding hydrogens is 390 g/mol. The van der Waals surface area contributed by atoms with Gasteiger partial charge in [-0.05, 0) is 66.4 Å². The highest BCUT2D eigenvalue weighted by Crippen LogP contribution is 2.38. The van der Waals surface area contributed by atoms with Crippen LogP contribution in [-0.2, 0) is 40.4 Å². The summed E-state index contributed by atoms with van der Waals surface area (Å²) in [6.07, 6.45) is 6.07. The molecule has 1 fully saturated rings. The Kier molecular flexibility index (Phi) is 5.94. The van der Waals surface area contributed by atoms with E-state index in [0.717, 1.165) is 57.3 Å². The number of hydrogen-bond donors (Lipinski definition) is 2. The van der Waals surface area contributed by atoms with Crippen LogP contribution >= 0.6 is 0 Å². The average Bonchev–Trinajstić information content (AvgIpc) is 3.30. The maximum atomic E-state index is 12.5. The average molecular weight is 420 g/mol. The van der Waals surface area contributed by atoms with Gasteiger partial charge in [0.1, 0.15) is 0 Å². The predicted molar refractivity (Wildman–Crippen MR) is 113 cm³/mol. The molecular formula is C21H29N3O4S. The Labute approximate surface area is 172 Å². The fourth-order valence-electron chi connectivity index (χ4n) is 4.67. The van der Waals surface area contributed by atoms with Gasteiger partial charge in [0.25, 0.3) is 0 Å². The standard InChI is InChI=1S/C21H29N3O4S/c1-15(13-24-8-10-28-11-9-24)14-29(26,27)23-21(25)22-20-18-6-2-4-16(18)12-17-5-3-7-19(17)20/h12H,1-11,13-14H2,(H2,22,23,25). The van der Waals surface area contributed by atoms with E-state index in [1.54, 1.807) is 0 Å². The largest absolute Gasteiger partial charge is 0.379 e. The smallest absolute Gasteiger partial charge is 0.332 e. The molecule has 1 heterocycles. The third-order valence-corrected chi connectivity index (χ3v) is 7.19. The molecule has 1 aromatic rings. The minimum atomic E-state index is -3.80. The van der Waals surface area contributed by atoms with Crippen LogP contribution in [0.15, 0.2) is 18.2 Å². The van der Waals surface area contributed by atoms with Crippen molar-refractivity contribution < 1.29 is 17.9 Å². The van der Waals surface area contributed by atoms with Gasteiger partial charge in [0.15, 0.2) is 0 Å². The number of sulfonamides is 1. The summed E-state index contributed by atoms with van der Waals surface area (Å²) in [5.41, 5.74) is 6.34. The first-order valence-electron chi connectivity index (χ1n) is 10.4. The maximum Gasteiger partial charge on any atom is 0.332 e. The van der Waals surface area contributed by atoms with E-state index in [-0.39, 0.29) is 5.75 Å². The van der Waals surface area contributed by atoms with Crippen LogP contribution in [0.25, 0.3) is 0 Å². The van der Waals surface area contributed by atoms with Gasteiger partial charge in [0.05, 0.1) is 19.0 Å². The fourth-order valence-corrected chi connectivity index (χ4v) is 5.71. The Bertz CT molecular complexity index is 888. The number of fused-ring (bicyclic) bond motifs is 2. The summed E-state index contributed by atoms with van der Waals surface area (Å²) in [4.78, 5) is 14.7. The van der Waals surface area contributed by atoms with E-state index in [4.69, 9.17) is 4.74 Å². The number of benzene rings is 1. The van der Waals surface area contributed by atoms with Crippen LogP contribution in [0.3, 0.4) is 0 Å². The molecule has 0 atom stereocenters. The van der Waals surface area contributed by atoms with Gasteiger partial charge in [-0.15, -0.1) is 0 Å². The highest BCUT2D eigenvalue weighted by Gasteiger charge is 2.26. The summed E-state index contributed by atoms with van der Waals surface area (Å²) in [5.74, 6) is -0.261. The van der Waals surface area contributed by atoms with Crippen molar-refractivity contribution in [2.75, 3.05) is 43.9 Å². The van der Waals surface area contributed by atoms with Crippen molar-refractivity contribution >= 4 is 21.7 Å².